The highest BCUT2D eigenvalue weighted by Gasteiger charge is 2.25. The van der Waals surface area contributed by atoms with Gasteiger partial charge in [0.05, 0.1) is 18.5 Å². The second kappa shape index (κ2) is 11.8. The number of aryl methyl sites for hydroxylation is 1. The Balaban J connectivity index is 1.82. The van der Waals surface area contributed by atoms with Crippen LogP contribution in [0.2, 0.25) is 0 Å². The monoisotopic (exact) mass is 528 g/mol. The highest BCUT2D eigenvalue weighted by molar-refractivity contribution is 5.99. The molecular weight excluding hydrogens is 495 g/mol. The van der Waals surface area contributed by atoms with Crippen molar-refractivity contribution in [3.8, 4) is 17.0 Å². The zero-order chi connectivity index (χ0) is 28.1. The number of carbonyl (C=O) groups excluding carboxylic acids is 1. The van der Waals surface area contributed by atoms with Crippen molar-refractivity contribution in [2.24, 2.45) is 17.4 Å². The minimum atomic E-state index is -0.740. The Labute approximate surface area is 227 Å². The molecule has 1 heterocycles. The molecule has 3 aromatic carbocycles. The second-order valence-corrected chi connectivity index (χ2v) is 9.72. The van der Waals surface area contributed by atoms with Gasteiger partial charge in [0.2, 0.25) is 5.91 Å². The van der Waals surface area contributed by atoms with E-state index in [1.54, 1.807) is 66.9 Å². The van der Waals surface area contributed by atoms with Crippen LogP contribution in [0.4, 0.5) is 10.1 Å². The SMILES string of the molecule is CCc1cc(OCC(C)C)c(F)c(C(Nc2ccc(C(=N)N)cc2)c2ncc(-c3ccccc3C(N)=O)[nH]2)c1. The lowest BCUT2D eigenvalue weighted by molar-refractivity contribution is 0.100. The molecule has 0 fully saturated rings. The van der Waals surface area contributed by atoms with Gasteiger partial charge in [0.1, 0.15) is 17.7 Å². The first-order valence-corrected chi connectivity index (χ1v) is 12.8. The molecule has 1 amide bonds. The first kappa shape index (κ1) is 27.4. The lowest BCUT2D eigenvalue weighted by atomic mass is 9.99. The topological polar surface area (TPSA) is 143 Å². The molecule has 1 atom stereocenters. The summed E-state index contributed by atoms with van der Waals surface area (Å²) in [7, 11) is 0. The fraction of sp³-hybridized carbons (Fsp3) is 0.233. The minimum Gasteiger partial charge on any atom is -0.490 e. The van der Waals surface area contributed by atoms with E-state index in [-0.39, 0.29) is 17.5 Å². The van der Waals surface area contributed by atoms with Gasteiger partial charge in [0.15, 0.2) is 11.6 Å². The number of rotatable bonds is 11. The summed E-state index contributed by atoms with van der Waals surface area (Å²) in [6.45, 7) is 6.39. The number of hydrogen-bond donors (Lipinski definition) is 5. The molecule has 0 saturated heterocycles. The number of halogens is 1. The number of nitrogen functional groups attached to an aromatic ring is 1. The number of amidine groups is 1. The van der Waals surface area contributed by atoms with Crippen LogP contribution in [-0.2, 0) is 6.42 Å². The van der Waals surface area contributed by atoms with Crippen molar-refractivity contribution in [2.45, 2.75) is 33.2 Å². The van der Waals surface area contributed by atoms with Crippen molar-refractivity contribution in [1.29, 1.82) is 5.41 Å². The number of aromatic nitrogens is 2. The quantitative estimate of drug-likeness (QED) is 0.131. The highest BCUT2D eigenvalue weighted by atomic mass is 19.1. The van der Waals surface area contributed by atoms with Gasteiger partial charge in [-0.25, -0.2) is 9.37 Å². The van der Waals surface area contributed by atoms with Gasteiger partial charge in [-0.05, 0) is 54.3 Å². The lowest BCUT2D eigenvalue weighted by Crippen LogP contribution is -2.18. The van der Waals surface area contributed by atoms with E-state index in [1.807, 2.05) is 20.8 Å². The number of benzene rings is 3. The maximum absolute atomic E-state index is 16.0. The lowest BCUT2D eigenvalue weighted by Gasteiger charge is -2.22. The number of H-pyrrole nitrogens is 1. The number of nitrogens with one attached hydrogen (secondary N) is 3. The molecule has 1 unspecified atom stereocenters. The van der Waals surface area contributed by atoms with Gasteiger partial charge in [-0.1, -0.05) is 45.0 Å². The fourth-order valence-electron chi connectivity index (χ4n) is 4.21. The number of anilines is 1. The third kappa shape index (κ3) is 6.26. The molecule has 0 radical (unpaired) electrons. The molecule has 0 bridgehead atoms. The van der Waals surface area contributed by atoms with Crippen LogP contribution in [0, 0.1) is 17.1 Å². The third-order valence-electron chi connectivity index (χ3n) is 6.28. The van der Waals surface area contributed by atoms with Crippen molar-refractivity contribution in [1.82, 2.24) is 9.97 Å². The first-order valence-electron chi connectivity index (χ1n) is 12.8. The van der Waals surface area contributed by atoms with Gasteiger partial charge in [0.25, 0.3) is 0 Å². The number of imidazole rings is 1. The van der Waals surface area contributed by atoms with Gasteiger partial charge in [-0.3, -0.25) is 10.2 Å². The predicted molar refractivity (Wildman–Crippen MR) is 152 cm³/mol. The molecule has 4 rings (SSSR count). The Morgan fingerprint density at radius 3 is 2.49 bits per heavy atom. The van der Waals surface area contributed by atoms with E-state index in [4.69, 9.17) is 21.6 Å². The summed E-state index contributed by atoms with van der Waals surface area (Å²) in [5.74, 6) is -0.248. The number of ether oxygens (including phenoxy) is 1. The minimum absolute atomic E-state index is 0.0458. The molecule has 9 heteroatoms. The molecule has 0 aliphatic heterocycles. The number of nitrogens with two attached hydrogens (primary N) is 2. The number of aromatic amines is 1. The summed E-state index contributed by atoms with van der Waals surface area (Å²) in [5, 5.41) is 11.0. The van der Waals surface area contributed by atoms with Crippen molar-refractivity contribution in [2.75, 3.05) is 11.9 Å². The number of hydrogen-bond acceptors (Lipinski definition) is 5. The maximum Gasteiger partial charge on any atom is 0.249 e. The molecule has 4 aromatic rings. The van der Waals surface area contributed by atoms with Gasteiger partial charge < -0.3 is 26.5 Å². The Bertz CT molecular complexity index is 1480. The smallest absolute Gasteiger partial charge is 0.249 e. The Morgan fingerprint density at radius 2 is 1.85 bits per heavy atom. The van der Waals surface area contributed by atoms with Gasteiger partial charge in [0, 0.05) is 27.9 Å². The fourth-order valence-corrected chi connectivity index (χ4v) is 4.21. The van der Waals surface area contributed by atoms with E-state index in [9.17, 15) is 4.79 Å². The van der Waals surface area contributed by atoms with Gasteiger partial charge in [-0.2, -0.15) is 0 Å². The number of carbonyl (C=O) groups is 1. The number of amides is 1. The third-order valence-corrected chi connectivity index (χ3v) is 6.28. The molecule has 0 spiro atoms. The standard InChI is InChI=1S/C30H33FN6O2/c1-4-18-13-23(26(31)25(14-18)39-16-17(2)3)27(36-20-11-9-19(10-12-20)28(32)33)30-35-15-24(37-30)21-7-5-6-8-22(21)29(34)38/h5-15,17,27,36H,4,16H2,1-3H3,(H3,32,33)(H2,34,38)(H,35,37). The molecule has 0 aliphatic rings. The summed E-state index contributed by atoms with van der Waals surface area (Å²) < 4.78 is 21.9. The van der Waals surface area contributed by atoms with Gasteiger partial charge in [-0.15, -0.1) is 0 Å². The molecular formula is C30H33FN6O2. The number of primary amides is 1. The van der Waals surface area contributed by atoms with Crippen LogP contribution in [-0.4, -0.2) is 28.3 Å². The van der Waals surface area contributed by atoms with Crippen LogP contribution in [0.15, 0.2) is 66.9 Å². The zero-order valence-corrected chi connectivity index (χ0v) is 22.2. The molecule has 7 N–H and O–H groups in total. The zero-order valence-electron chi connectivity index (χ0n) is 22.2. The van der Waals surface area contributed by atoms with E-state index in [1.165, 1.54) is 0 Å². The Hall–Kier alpha value is -4.66. The first-order chi connectivity index (χ1) is 18.7. The molecule has 0 aliphatic carbocycles. The van der Waals surface area contributed by atoms with Crippen LogP contribution in [0.1, 0.15) is 59.7 Å². The molecule has 8 nitrogen and oxygen atoms in total. The van der Waals surface area contributed by atoms with Crippen LogP contribution in [0.3, 0.4) is 0 Å². The highest BCUT2D eigenvalue weighted by Crippen LogP contribution is 2.34. The number of nitrogens with zero attached hydrogens (tertiary/aromatic N) is 1. The normalized spacial score (nSPS) is 11.8. The van der Waals surface area contributed by atoms with Crippen LogP contribution < -0.4 is 21.5 Å². The van der Waals surface area contributed by atoms with Crippen molar-refractivity contribution in [3.63, 3.8) is 0 Å². The predicted octanol–water partition coefficient (Wildman–Crippen LogP) is 5.40. The summed E-state index contributed by atoms with van der Waals surface area (Å²) in [4.78, 5) is 19.9. The summed E-state index contributed by atoms with van der Waals surface area (Å²) in [6.07, 6.45) is 2.28. The van der Waals surface area contributed by atoms with Crippen LogP contribution in [0.5, 0.6) is 5.75 Å². The summed E-state index contributed by atoms with van der Waals surface area (Å²) >= 11 is 0. The molecule has 0 saturated carbocycles. The second-order valence-electron chi connectivity index (χ2n) is 9.72. The Kier molecular flexibility index (Phi) is 8.29. The van der Waals surface area contributed by atoms with Crippen molar-refractivity contribution >= 4 is 17.4 Å². The maximum atomic E-state index is 16.0. The average Bonchev–Trinajstić information content (AvgIpc) is 3.41. The molecule has 1 aromatic heterocycles. The molecule has 202 valence electrons. The molecule has 39 heavy (non-hydrogen) atoms. The summed E-state index contributed by atoms with van der Waals surface area (Å²) in [5.41, 5.74) is 15.2. The van der Waals surface area contributed by atoms with Gasteiger partial charge >= 0.3 is 0 Å². The van der Waals surface area contributed by atoms with E-state index in [2.05, 4.69) is 15.3 Å². The Morgan fingerprint density at radius 1 is 1.13 bits per heavy atom. The van der Waals surface area contributed by atoms with Crippen LogP contribution >= 0.6 is 0 Å². The van der Waals surface area contributed by atoms with Crippen molar-refractivity contribution in [3.05, 3.63) is 101 Å². The summed E-state index contributed by atoms with van der Waals surface area (Å²) in [6, 6.07) is 16.7. The largest absolute Gasteiger partial charge is 0.490 e. The van der Waals surface area contributed by atoms with Crippen molar-refractivity contribution < 1.29 is 13.9 Å². The van der Waals surface area contributed by atoms with E-state index in [0.717, 1.165) is 5.56 Å². The average molecular weight is 529 g/mol. The van der Waals surface area contributed by atoms with Crippen LogP contribution in [0.25, 0.3) is 11.3 Å². The van der Waals surface area contributed by atoms with E-state index >= 15 is 4.39 Å². The van der Waals surface area contributed by atoms with E-state index < -0.39 is 17.8 Å². The van der Waals surface area contributed by atoms with E-state index in [0.29, 0.717) is 52.5 Å².